The minimum atomic E-state index is -3.92. The van der Waals surface area contributed by atoms with E-state index in [0.29, 0.717) is 36.8 Å². The predicted molar refractivity (Wildman–Crippen MR) is 112 cm³/mol. The quantitative estimate of drug-likeness (QED) is 0.766. The molecule has 4 aliphatic carbocycles. The van der Waals surface area contributed by atoms with Gasteiger partial charge in [0.05, 0.1) is 16.7 Å². The van der Waals surface area contributed by atoms with E-state index in [0.717, 1.165) is 11.8 Å². The Morgan fingerprint density at radius 1 is 1.13 bits per heavy atom. The van der Waals surface area contributed by atoms with E-state index in [1.54, 1.807) is 0 Å². The Bertz CT molecular complexity index is 991. The van der Waals surface area contributed by atoms with Crippen LogP contribution in [0.15, 0.2) is 23.1 Å². The zero-order valence-corrected chi connectivity index (χ0v) is 18.3. The predicted octanol–water partition coefficient (Wildman–Crippen LogP) is 3.31. The lowest BCUT2D eigenvalue weighted by atomic mass is 9.54. The summed E-state index contributed by atoms with van der Waals surface area (Å²) in [5.74, 6) is 2.57. The number of benzene rings is 1. The van der Waals surface area contributed by atoms with Crippen molar-refractivity contribution in [2.75, 3.05) is 6.54 Å². The Balaban J connectivity index is 1.35. The molecule has 1 unspecified atom stereocenters. The number of carbonyl (C=O) groups excluding carboxylic acids is 1. The van der Waals surface area contributed by atoms with E-state index in [1.807, 2.05) is 6.07 Å². The highest BCUT2D eigenvalue weighted by molar-refractivity contribution is 7.89. The van der Waals surface area contributed by atoms with E-state index in [9.17, 15) is 13.2 Å². The van der Waals surface area contributed by atoms with Crippen LogP contribution in [0.4, 0.5) is 0 Å². The largest absolute Gasteiger partial charge is 0.351 e. The molecule has 1 aliphatic heterocycles. The maximum Gasteiger partial charge on any atom is 0.245 e. The summed E-state index contributed by atoms with van der Waals surface area (Å²) < 4.78 is 27.9. The van der Waals surface area contributed by atoms with Crippen LogP contribution in [0.25, 0.3) is 0 Å². The molecule has 1 amide bonds. The number of carbonyl (C=O) groups is 1. The SMILES string of the molecule is N#Cc1ccc(S(=O)(=O)N2CCCC2C(=O)NC2C3CC4CC(C3)CC2C4)c(Cl)c1. The van der Waals surface area contributed by atoms with Crippen molar-refractivity contribution in [1.82, 2.24) is 9.62 Å². The lowest BCUT2D eigenvalue weighted by molar-refractivity contribution is -0.128. The first kappa shape index (κ1) is 20.3. The van der Waals surface area contributed by atoms with E-state index >= 15 is 0 Å². The number of rotatable bonds is 4. The maximum absolute atomic E-state index is 13.3. The Hall–Kier alpha value is -1.62. The topological polar surface area (TPSA) is 90.3 Å². The van der Waals surface area contributed by atoms with Gasteiger partial charge in [-0.3, -0.25) is 4.79 Å². The summed E-state index contributed by atoms with van der Waals surface area (Å²) in [5, 5.41) is 12.3. The molecule has 1 heterocycles. The zero-order chi connectivity index (χ0) is 21.0. The summed E-state index contributed by atoms with van der Waals surface area (Å²) in [5.41, 5.74) is 0.302. The molecule has 1 saturated heterocycles. The Morgan fingerprint density at radius 3 is 2.40 bits per heavy atom. The number of nitrogens with zero attached hydrogens (tertiary/aromatic N) is 2. The number of hydrogen-bond donors (Lipinski definition) is 1. The molecule has 4 bridgehead atoms. The van der Waals surface area contributed by atoms with Gasteiger partial charge in [-0.1, -0.05) is 11.6 Å². The van der Waals surface area contributed by atoms with Crippen molar-refractivity contribution in [3.8, 4) is 6.07 Å². The molecule has 5 fully saturated rings. The summed E-state index contributed by atoms with van der Waals surface area (Å²) >= 11 is 6.18. The van der Waals surface area contributed by atoms with E-state index in [4.69, 9.17) is 16.9 Å². The maximum atomic E-state index is 13.3. The number of amides is 1. The monoisotopic (exact) mass is 447 g/mol. The smallest absolute Gasteiger partial charge is 0.245 e. The fraction of sp³-hybridized carbons (Fsp3) is 0.636. The third-order valence-corrected chi connectivity index (χ3v) is 10.1. The second-order valence-electron chi connectivity index (χ2n) is 9.50. The number of hydrogen-bond acceptors (Lipinski definition) is 4. The molecule has 5 aliphatic rings. The lowest BCUT2D eigenvalue weighted by Crippen LogP contribution is -2.58. The zero-order valence-electron chi connectivity index (χ0n) is 16.8. The van der Waals surface area contributed by atoms with Gasteiger partial charge in [0.25, 0.3) is 0 Å². The molecule has 0 spiro atoms. The van der Waals surface area contributed by atoms with Crippen LogP contribution in [0.1, 0.15) is 50.5 Å². The van der Waals surface area contributed by atoms with Crippen molar-refractivity contribution in [3.05, 3.63) is 28.8 Å². The minimum Gasteiger partial charge on any atom is -0.351 e. The number of nitriles is 1. The van der Waals surface area contributed by atoms with Gasteiger partial charge in [-0.15, -0.1) is 0 Å². The van der Waals surface area contributed by atoms with Gasteiger partial charge < -0.3 is 5.32 Å². The van der Waals surface area contributed by atoms with Gasteiger partial charge >= 0.3 is 0 Å². The number of nitrogens with one attached hydrogen (secondary N) is 1. The highest BCUT2D eigenvalue weighted by atomic mass is 35.5. The second-order valence-corrected chi connectivity index (χ2v) is 11.8. The van der Waals surface area contributed by atoms with Crippen LogP contribution in [0.5, 0.6) is 0 Å². The van der Waals surface area contributed by atoms with Crippen molar-refractivity contribution < 1.29 is 13.2 Å². The van der Waals surface area contributed by atoms with E-state index in [-0.39, 0.29) is 21.9 Å². The molecule has 160 valence electrons. The molecule has 1 aromatic rings. The molecule has 4 saturated carbocycles. The molecule has 0 aromatic heterocycles. The van der Waals surface area contributed by atoms with Gasteiger partial charge in [-0.2, -0.15) is 9.57 Å². The van der Waals surface area contributed by atoms with E-state index < -0.39 is 16.1 Å². The van der Waals surface area contributed by atoms with Gasteiger partial charge in [-0.05, 0) is 86.8 Å². The Morgan fingerprint density at radius 2 is 1.80 bits per heavy atom. The van der Waals surface area contributed by atoms with Crippen molar-refractivity contribution in [2.24, 2.45) is 23.7 Å². The molecule has 1 atom stereocenters. The van der Waals surface area contributed by atoms with E-state index in [1.165, 1.54) is 54.6 Å². The summed E-state index contributed by atoms with van der Waals surface area (Å²) in [4.78, 5) is 13.2. The summed E-state index contributed by atoms with van der Waals surface area (Å²) in [6.45, 7) is 0.304. The normalized spacial score (nSPS) is 35.3. The van der Waals surface area contributed by atoms with Gasteiger partial charge in [-0.25, -0.2) is 8.42 Å². The van der Waals surface area contributed by atoms with Crippen LogP contribution in [0, 0.1) is 35.0 Å². The first-order valence-electron chi connectivity index (χ1n) is 10.9. The van der Waals surface area contributed by atoms with Crippen molar-refractivity contribution in [2.45, 2.75) is 61.9 Å². The van der Waals surface area contributed by atoms with Crippen molar-refractivity contribution >= 4 is 27.5 Å². The Labute approximate surface area is 182 Å². The average molecular weight is 448 g/mol. The van der Waals surface area contributed by atoms with Crippen LogP contribution in [0.3, 0.4) is 0 Å². The number of halogens is 1. The third-order valence-electron chi connectivity index (χ3n) is 7.69. The van der Waals surface area contributed by atoms with Crippen LogP contribution in [-0.4, -0.2) is 37.3 Å². The molecular formula is C22H26ClN3O3S. The summed E-state index contributed by atoms with van der Waals surface area (Å²) in [6.07, 6.45) is 7.32. The summed E-state index contributed by atoms with van der Waals surface area (Å²) in [7, 11) is -3.92. The van der Waals surface area contributed by atoms with Crippen molar-refractivity contribution in [3.63, 3.8) is 0 Å². The first-order valence-corrected chi connectivity index (χ1v) is 12.7. The average Bonchev–Trinajstić information content (AvgIpc) is 3.20. The highest BCUT2D eigenvalue weighted by Crippen LogP contribution is 2.53. The first-order chi connectivity index (χ1) is 14.4. The molecule has 6 nitrogen and oxygen atoms in total. The molecule has 8 heteroatoms. The van der Waals surface area contributed by atoms with Crippen LogP contribution in [0.2, 0.25) is 5.02 Å². The highest BCUT2D eigenvalue weighted by Gasteiger charge is 2.50. The van der Waals surface area contributed by atoms with Crippen molar-refractivity contribution in [1.29, 1.82) is 5.26 Å². The standard InChI is InChI=1S/C22H26ClN3O3S/c23-18-11-13(12-24)3-4-20(18)30(28,29)26-5-1-2-19(26)22(27)25-21-16-7-14-6-15(9-16)10-17(21)8-14/h3-4,11,14-17,19,21H,1-2,5-10H2,(H,25,27). The van der Waals surface area contributed by atoms with Gasteiger partial charge in [0.1, 0.15) is 10.9 Å². The fourth-order valence-corrected chi connectivity index (χ4v) is 8.79. The molecule has 30 heavy (non-hydrogen) atoms. The van der Waals surface area contributed by atoms with Gasteiger partial charge in [0.2, 0.25) is 15.9 Å². The molecular weight excluding hydrogens is 422 g/mol. The fourth-order valence-electron chi connectivity index (χ4n) is 6.62. The lowest BCUT2D eigenvalue weighted by Gasteiger charge is -2.54. The minimum absolute atomic E-state index is 0.0149. The molecule has 6 rings (SSSR count). The third kappa shape index (κ3) is 3.34. The van der Waals surface area contributed by atoms with E-state index in [2.05, 4.69) is 5.32 Å². The van der Waals surface area contributed by atoms with Gasteiger partial charge in [0, 0.05) is 12.6 Å². The summed E-state index contributed by atoms with van der Waals surface area (Å²) in [6, 6.07) is 5.61. The molecule has 1 aromatic carbocycles. The second kappa shape index (κ2) is 7.51. The molecule has 0 radical (unpaired) electrons. The molecule has 1 N–H and O–H groups in total. The van der Waals surface area contributed by atoms with Crippen LogP contribution < -0.4 is 5.32 Å². The van der Waals surface area contributed by atoms with Crippen LogP contribution >= 0.6 is 11.6 Å². The van der Waals surface area contributed by atoms with Gasteiger partial charge in [0.15, 0.2) is 0 Å². The van der Waals surface area contributed by atoms with Crippen LogP contribution in [-0.2, 0) is 14.8 Å². The Kier molecular flexibility index (Phi) is 5.08. The number of sulfonamides is 1.